The quantitative estimate of drug-likeness (QED) is 0.730. The second-order valence-corrected chi connectivity index (χ2v) is 10.3. The average Bonchev–Trinajstić information content (AvgIpc) is 3.03. The number of fused-ring (bicyclic) bond motifs is 2. The molecule has 0 saturated carbocycles. The zero-order valence-corrected chi connectivity index (χ0v) is 18.2. The molecule has 5 nitrogen and oxygen atoms in total. The number of likely N-dealkylation sites (N-methyl/N-ethyl adjacent to an activating group) is 1. The Kier molecular flexibility index (Phi) is 7.08. The molecule has 8 rings (SSSR count). The van der Waals surface area contributed by atoms with Crippen molar-refractivity contribution in [2.75, 3.05) is 58.9 Å². The zero-order valence-electron chi connectivity index (χ0n) is 18.2. The number of carbonyl (C=O) groups is 1. The molecule has 8 aliphatic heterocycles. The molecular weight excluding hydrogens is 348 g/mol. The molecular formula is C23H42N4O. The van der Waals surface area contributed by atoms with Crippen molar-refractivity contribution < 1.29 is 4.79 Å². The average molecular weight is 391 g/mol. The molecule has 0 aromatic carbocycles. The van der Waals surface area contributed by atoms with Crippen molar-refractivity contribution in [3.63, 3.8) is 0 Å². The minimum Gasteiger partial charge on any atom is -0.312 e. The maximum atomic E-state index is 9.17. The van der Waals surface area contributed by atoms with Gasteiger partial charge in [-0.1, -0.05) is 13.8 Å². The van der Waals surface area contributed by atoms with E-state index in [1.807, 2.05) is 6.92 Å². The molecule has 5 heteroatoms. The lowest BCUT2D eigenvalue weighted by molar-refractivity contribution is -0.107. The van der Waals surface area contributed by atoms with Crippen molar-refractivity contribution >= 4 is 6.29 Å². The third-order valence-electron chi connectivity index (χ3n) is 7.85. The Bertz CT molecular complexity index is 467. The highest BCUT2D eigenvalue weighted by Crippen LogP contribution is 2.36. The number of carbonyl (C=O) groups excluding carboxylic acids is 1. The van der Waals surface area contributed by atoms with Gasteiger partial charge in [0.1, 0.15) is 6.29 Å². The normalized spacial score (nSPS) is 45.4. The Morgan fingerprint density at radius 1 is 0.786 bits per heavy atom. The van der Waals surface area contributed by atoms with E-state index in [0.29, 0.717) is 6.42 Å². The van der Waals surface area contributed by atoms with Gasteiger partial charge >= 0.3 is 0 Å². The largest absolute Gasteiger partial charge is 0.312 e. The molecule has 8 saturated heterocycles. The highest BCUT2D eigenvalue weighted by atomic mass is 16.1. The van der Waals surface area contributed by atoms with Gasteiger partial charge in [-0.15, -0.1) is 0 Å². The van der Waals surface area contributed by atoms with Crippen molar-refractivity contribution in [2.45, 2.75) is 58.0 Å². The van der Waals surface area contributed by atoms with Crippen LogP contribution in [0, 0.1) is 23.7 Å². The van der Waals surface area contributed by atoms with Gasteiger partial charge in [0.2, 0.25) is 0 Å². The van der Waals surface area contributed by atoms with Gasteiger partial charge in [-0.05, 0) is 62.4 Å². The summed E-state index contributed by atoms with van der Waals surface area (Å²) < 4.78 is 0. The maximum Gasteiger partial charge on any atom is 0.119 e. The summed E-state index contributed by atoms with van der Waals surface area (Å²) in [6.45, 7) is 16.3. The lowest BCUT2D eigenvalue weighted by Crippen LogP contribution is -2.49. The van der Waals surface area contributed by atoms with Crippen molar-refractivity contribution in [2.24, 2.45) is 23.7 Å². The van der Waals surface area contributed by atoms with Crippen molar-refractivity contribution in [3.05, 3.63) is 0 Å². The molecule has 0 radical (unpaired) electrons. The van der Waals surface area contributed by atoms with Crippen LogP contribution in [0.2, 0.25) is 0 Å². The van der Waals surface area contributed by atoms with Crippen LogP contribution in [0.15, 0.2) is 0 Å². The van der Waals surface area contributed by atoms with E-state index in [-0.39, 0.29) is 0 Å². The Morgan fingerprint density at radius 3 is 2.11 bits per heavy atom. The molecule has 160 valence electrons. The van der Waals surface area contributed by atoms with Crippen molar-refractivity contribution in [1.82, 2.24) is 20.0 Å². The Morgan fingerprint density at radius 2 is 1.43 bits per heavy atom. The van der Waals surface area contributed by atoms with E-state index in [1.54, 1.807) is 0 Å². The molecule has 0 aromatic heterocycles. The first-order chi connectivity index (χ1) is 13.7. The third kappa shape index (κ3) is 4.97. The number of piperidine rings is 4. The highest BCUT2D eigenvalue weighted by molar-refractivity contribution is 5.48. The fraction of sp³-hybridized carbons (Fsp3) is 0.957. The second-order valence-electron chi connectivity index (χ2n) is 10.3. The standard InChI is InChI=1S/C11H20N2.C9H16N2.C3H6O/c1-2-13-7-10-3-9-4-11(13)8-12(5-9)6-10;1-7-2-9-6-11(4-7)5-8(1)3-10-9;1-2-3-4/h9-11H,2-8H2,1H3;7-10H,1-6H2;3H,2H2,1H3. The van der Waals surface area contributed by atoms with Crippen molar-refractivity contribution in [1.29, 1.82) is 0 Å². The summed E-state index contributed by atoms with van der Waals surface area (Å²) >= 11 is 0. The molecule has 8 unspecified atom stereocenters. The monoisotopic (exact) mass is 390 g/mol. The van der Waals surface area contributed by atoms with Crippen molar-refractivity contribution in [3.8, 4) is 0 Å². The molecule has 1 N–H and O–H groups in total. The van der Waals surface area contributed by atoms with Crippen LogP contribution in [0.1, 0.15) is 46.0 Å². The summed E-state index contributed by atoms with van der Waals surface area (Å²) in [4.78, 5) is 17.3. The third-order valence-corrected chi connectivity index (χ3v) is 7.85. The van der Waals surface area contributed by atoms with Crippen LogP contribution in [0.4, 0.5) is 0 Å². The molecule has 0 aromatic rings. The SMILES string of the molecule is C1NC2CC3CC1CN(C3)C2.CCC=O.CCN1CC2CC3CC1CN(C3)C2. The van der Waals surface area contributed by atoms with E-state index in [9.17, 15) is 4.79 Å². The van der Waals surface area contributed by atoms with E-state index < -0.39 is 0 Å². The van der Waals surface area contributed by atoms with E-state index >= 15 is 0 Å². The summed E-state index contributed by atoms with van der Waals surface area (Å²) in [5.74, 6) is 4.03. The van der Waals surface area contributed by atoms with Crippen LogP contribution in [0.5, 0.6) is 0 Å². The van der Waals surface area contributed by atoms with E-state index in [1.165, 1.54) is 84.6 Å². The van der Waals surface area contributed by atoms with Gasteiger partial charge in [0.15, 0.2) is 0 Å². The van der Waals surface area contributed by atoms with Crippen LogP contribution in [0.25, 0.3) is 0 Å². The highest BCUT2D eigenvalue weighted by Gasteiger charge is 2.41. The number of aldehydes is 1. The Hall–Kier alpha value is -0.490. The molecule has 8 fully saturated rings. The van der Waals surface area contributed by atoms with Crippen LogP contribution in [-0.2, 0) is 4.79 Å². The predicted molar refractivity (Wildman–Crippen MR) is 114 cm³/mol. The van der Waals surface area contributed by atoms with Gasteiger partial charge in [-0.3, -0.25) is 4.90 Å². The number of hydrogen-bond donors (Lipinski definition) is 1. The second kappa shape index (κ2) is 9.55. The van der Waals surface area contributed by atoms with E-state index in [0.717, 1.165) is 42.0 Å². The van der Waals surface area contributed by atoms with Gasteiger partial charge < -0.3 is 19.9 Å². The molecule has 8 heterocycles. The van der Waals surface area contributed by atoms with Gasteiger partial charge in [-0.25, -0.2) is 0 Å². The number of hydrogen-bond acceptors (Lipinski definition) is 5. The first-order valence-corrected chi connectivity index (χ1v) is 12.0. The number of rotatable bonds is 2. The van der Waals surface area contributed by atoms with Gasteiger partial charge in [0.05, 0.1) is 0 Å². The maximum absolute atomic E-state index is 9.17. The lowest BCUT2D eigenvalue weighted by Gasteiger charge is -2.41. The van der Waals surface area contributed by atoms with E-state index in [4.69, 9.17) is 0 Å². The molecule has 8 aliphatic rings. The van der Waals surface area contributed by atoms with Gasteiger partial charge in [0, 0.05) is 64.3 Å². The fourth-order valence-corrected chi connectivity index (χ4v) is 6.93. The van der Waals surface area contributed by atoms with Gasteiger partial charge in [-0.2, -0.15) is 0 Å². The Balaban J connectivity index is 0.000000117. The fourth-order valence-electron chi connectivity index (χ4n) is 6.93. The molecule has 0 aliphatic carbocycles. The Labute approximate surface area is 172 Å². The van der Waals surface area contributed by atoms with Gasteiger partial charge in [0.25, 0.3) is 0 Å². The molecule has 28 heavy (non-hydrogen) atoms. The number of nitrogens with zero attached hydrogens (tertiary/aromatic N) is 3. The minimum absolute atomic E-state index is 0.639. The van der Waals surface area contributed by atoms with Crippen LogP contribution < -0.4 is 5.32 Å². The van der Waals surface area contributed by atoms with Crippen LogP contribution in [-0.4, -0.2) is 92.0 Å². The summed E-state index contributed by atoms with van der Waals surface area (Å²) in [6, 6.07) is 1.73. The topological polar surface area (TPSA) is 38.8 Å². The molecule has 0 spiro atoms. The minimum atomic E-state index is 0.639. The predicted octanol–water partition coefficient (Wildman–Crippen LogP) is 1.93. The zero-order chi connectivity index (χ0) is 19.5. The molecule has 8 atom stereocenters. The van der Waals surface area contributed by atoms with E-state index in [2.05, 4.69) is 26.9 Å². The summed E-state index contributed by atoms with van der Waals surface area (Å²) in [7, 11) is 0. The van der Waals surface area contributed by atoms with Crippen LogP contribution >= 0.6 is 0 Å². The molecule has 8 bridgehead atoms. The first kappa shape index (κ1) is 20.8. The first-order valence-electron chi connectivity index (χ1n) is 12.0. The summed E-state index contributed by atoms with van der Waals surface area (Å²) in [6.07, 6.45) is 7.47. The number of nitrogens with one attached hydrogen (secondary N) is 1. The smallest absolute Gasteiger partial charge is 0.119 e. The van der Waals surface area contributed by atoms with Crippen LogP contribution in [0.3, 0.4) is 0 Å². The lowest BCUT2D eigenvalue weighted by atomic mass is 9.84. The summed E-state index contributed by atoms with van der Waals surface area (Å²) in [5.41, 5.74) is 0. The summed E-state index contributed by atoms with van der Waals surface area (Å²) in [5, 5.41) is 3.66. The molecule has 0 amide bonds.